The van der Waals surface area contributed by atoms with Crippen molar-refractivity contribution in [2.45, 2.75) is 47.6 Å². The van der Waals surface area contributed by atoms with Gasteiger partial charge in [0.05, 0.1) is 0 Å². The van der Waals surface area contributed by atoms with Crippen LogP contribution in [0.15, 0.2) is 23.8 Å². The molecule has 1 fully saturated rings. The lowest BCUT2D eigenvalue weighted by atomic mass is 9.85. The van der Waals surface area contributed by atoms with Crippen molar-refractivity contribution < 1.29 is 14.6 Å². The lowest BCUT2D eigenvalue weighted by molar-refractivity contribution is -0.144. The highest BCUT2D eigenvalue weighted by Gasteiger charge is 2.50. The molecular formula is C14H18I2O3S. The van der Waals surface area contributed by atoms with E-state index in [1.54, 1.807) is 8.93 Å². The number of allylic oxidation sites excluding steroid dienone is 2. The number of carbonyl (C=O) groups excluding carboxylic acids is 1. The Hall–Kier alpha value is 0.720. The molecule has 2 aliphatic rings. The van der Waals surface area contributed by atoms with Crippen molar-refractivity contribution in [3.8, 4) is 0 Å². The number of alkyl halides is 1. The molecule has 1 N–H and O–H groups in total. The van der Waals surface area contributed by atoms with E-state index in [1.165, 1.54) is 5.57 Å². The number of esters is 1. The fourth-order valence-corrected chi connectivity index (χ4v) is 5.26. The summed E-state index contributed by atoms with van der Waals surface area (Å²) in [6.07, 6.45) is 4.64. The molecule has 1 saturated heterocycles. The lowest BCUT2D eigenvalue weighted by Gasteiger charge is -2.35. The van der Waals surface area contributed by atoms with Gasteiger partial charge in [-0.2, -0.15) is 0 Å². The highest BCUT2D eigenvalue weighted by atomic mass is 127. The van der Waals surface area contributed by atoms with Gasteiger partial charge in [0.2, 0.25) is 0 Å². The molecule has 0 aromatic heterocycles. The normalized spacial score (nSPS) is 41.6. The van der Waals surface area contributed by atoms with Crippen molar-refractivity contribution in [2.24, 2.45) is 5.92 Å². The van der Waals surface area contributed by atoms with E-state index in [4.69, 9.17) is 4.74 Å². The van der Waals surface area contributed by atoms with E-state index in [2.05, 4.69) is 63.4 Å². The van der Waals surface area contributed by atoms with Crippen molar-refractivity contribution in [1.29, 1.82) is 0 Å². The molecule has 0 unspecified atom stereocenters. The topological polar surface area (TPSA) is 46.5 Å². The van der Waals surface area contributed by atoms with Gasteiger partial charge in [-0.05, 0) is 53.8 Å². The van der Waals surface area contributed by atoms with Gasteiger partial charge in [-0.3, -0.25) is 0 Å². The number of aliphatic hydroxyl groups excluding tert-OH is 1. The summed E-state index contributed by atoms with van der Waals surface area (Å²) < 4.78 is 5.08. The van der Waals surface area contributed by atoms with Crippen LogP contribution in [0.5, 0.6) is 0 Å². The van der Waals surface area contributed by atoms with Crippen molar-refractivity contribution in [1.82, 2.24) is 0 Å². The molecule has 0 radical (unpaired) electrons. The lowest BCUT2D eigenvalue weighted by Crippen LogP contribution is -2.44. The Kier molecular flexibility index (Phi) is 5.87. The highest BCUT2D eigenvalue weighted by Crippen LogP contribution is 2.49. The van der Waals surface area contributed by atoms with E-state index in [0.717, 1.165) is 25.7 Å². The summed E-state index contributed by atoms with van der Waals surface area (Å²) in [6.45, 7) is 5.99. The van der Waals surface area contributed by atoms with Crippen LogP contribution < -0.4 is 0 Å². The van der Waals surface area contributed by atoms with E-state index in [-0.39, 0.29) is 14.6 Å². The number of aliphatic hydroxyl groups is 1. The molecule has 0 saturated carbocycles. The molecule has 0 aromatic rings. The van der Waals surface area contributed by atoms with E-state index < -0.39 is 12.2 Å². The van der Waals surface area contributed by atoms with Gasteiger partial charge in [-0.15, -0.1) is 0 Å². The molecule has 1 aliphatic carbocycles. The first-order valence-corrected chi connectivity index (χ1v) is 11.0. The minimum Gasteiger partial charge on any atom is -0.456 e. The summed E-state index contributed by atoms with van der Waals surface area (Å²) >= 11 is 4.53. The number of rotatable bonds is 1. The zero-order valence-corrected chi connectivity index (χ0v) is 16.4. The fraction of sp³-hybridized carbons (Fsp3) is 0.643. The summed E-state index contributed by atoms with van der Waals surface area (Å²) in [4.78, 5) is 11.8. The summed E-state index contributed by atoms with van der Waals surface area (Å²) in [7, 11) is 1.60. The first-order chi connectivity index (χ1) is 9.39. The fourth-order valence-electron chi connectivity index (χ4n) is 2.73. The number of fused-ring (bicyclic) bond motifs is 1. The average molecular weight is 520 g/mol. The van der Waals surface area contributed by atoms with Crippen LogP contribution in [-0.2, 0) is 9.53 Å². The SMILES string of the molecule is C=C1C(=O)O[C@@H]2[C@@H](O)[C@@](I)(SI)CC/C=C(\C)CC[C@@H]12. The van der Waals surface area contributed by atoms with Crippen molar-refractivity contribution in [3.63, 3.8) is 0 Å². The Labute approximate surface area is 149 Å². The Morgan fingerprint density at radius 1 is 1.60 bits per heavy atom. The molecule has 112 valence electrons. The average Bonchev–Trinajstić information content (AvgIpc) is 2.70. The van der Waals surface area contributed by atoms with E-state index in [1.807, 2.05) is 0 Å². The molecule has 4 atom stereocenters. The van der Waals surface area contributed by atoms with Crippen molar-refractivity contribution in [3.05, 3.63) is 23.8 Å². The van der Waals surface area contributed by atoms with Crippen LogP contribution in [0.25, 0.3) is 0 Å². The largest absolute Gasteiger partial charge is 0.456 e. The Balaban J connectivity index is 2.34. The number of carbonyl (C=O) groups is 1. The molecular weight excluding hydrogens is 502 g/mol. The van der Waals surface area contributed by atoms with Crippen molar-refractivity contribution >= 4 is 58.7 Å². The van der Waals surface area contributed by atoms with E-state index in [9.17, 15) is 9.90 Å². The third-order valence-corrected chi connectivity index (χ3v) is 11.5. The minimum atomic E-state index is -0.676. The molecule has 0 aromatic carbocycles. The van der Waals surface area contributed by atoms with Gasteiger partial charge in [0.1, 0.15) is 15.0 Å². The summed E-state index contributed by atoms with van der Waals surface area (Å²) in [5.74, 6) is -0.422. The minimum absolute atomic E-state index is 0.0726. The molecule has 2 rings (SSSR count). The Bertz CT molecular complexity index is 452. The van der Waals surface area contributed by atoms with Crippen LogP contribution in [0.3, 0.4) is 0 Å². The van der Waals surface area contributed by atoms with Crippen LogP contribution in [0, 0.1) is 5.92 Å². The first kappa shape index (κ1) is 17.1. The quantitative estimate of drug-likeness (QED) is 0.186. The highest BCUT2D eigenvalue weighted by molar-refractivity contribution is 14.2. The van der Waals surface area contributed by atoms with Gasteiger partial charge < -0.3 is 9.84 Å². The van der Waals surface area contributed by atoms with Gasteiger partial charge in [0.25, 0.3) is 0 Å². The molecule has 1 heterocycles. The van der Waals surface area contributed by atoms with Crippen LogP contribution in [0.4, 0.5) is 0 Å². The molecule has 0 amide bonds. The third-order valence-electron chi connectivity index (χ3n) is 4.06. The van der Waals surface area contributed by atoms with Crippen LogP contribution in [0.2, 0.25) is 0 Å². The van der Waals surface area contributed by atoms with Crippen LogP contribution in [0.1, 0.15) is 32.6 Å². The molecule has 0 bridgehead atoms. The number of halogens is 2. The molecule has 1 aliphatic heterocycles. The summed E-state index contributed by atoms with van der Waals surface area (Å²) in [5.41, 5.74) is 1.85. The standard InChI is InChI=1S/C14H18I2O3S/c1-8-4-3-7-14(15,20-16)12(17)11-10(6-5-8)9(2)13(18)19-11/h4,10-12,17H,2-3,5-7H2,1H3/b8-4+/t10-,11-,12+,14-/m0/s1. The maximum absolute atomic E-state index is 11.8. The van der Waals surface area contributed by atoms with Gasteiger partial charge in [0.15, 0.2) is 0 Å². The van der Waals surface area contributed by atoms with Gasteiger partial charge in [-0.25, -0.2) is 4.79 Å². The maximum Gasteiger partial charge on any atom is 0.334 e. The molecule has 0 spiro atoms. The zero-order valence-electron chi connectivity index (χ0n) is 11.3. The molecule has 3 nitrogen and oxygen atoms in total. The van der Waals surface area contributed by atoms with Crippen LogP contribution >= 0.6 is 52.7 Å². The smallest absolute Gasteiger partial charge is 0.334 e. The maximum atomic E-state index is 11.8. The number of hydrogen-bond acceptors (Lipinski definition) is 4. The monoisotopic (exact) mass is 520 g/mol. The van der Waals surface area contributed by atoms with E-state index >= 15 is 0 Å². The van der Waals surface area contributed by atoms with Gasteiger partial charge >= 0.3 is 5.97 Å². The Morgan fingerprint density at radius 3 is 2.95 bits per heavy atom. The second kappa shape index (κ2) is 6.87. The third kappa shape index (κ3) is 3.38. The van der Waals surface area contributed by atoms with E-state index in [0.29, 0.717) is 5.57 Å². The Morgan fingerprint density at radius 2 is 2.30 bits per heavy atom. The number of ether oxygens (including phenoxy) is 1. The molecule has 6 heteroatoms. The predicted molar refractivity (Wildman–Crippen MR) is 99.1 cm³/mol. The van der Waals surface area contributed by atoms with Crippen molar-refractivity contribution in [2.75, 3.05) is 0 Å². The zero-order chi connectivity index (χ0) is 14.9. The van der Waals surface area contributed by atoms with Gasteiger partial charge in [0, 0.05) is 11.5 Å². The second-order valence-corrected chi connectivity index (χ2v) is 10.3. The summed E-state index contributed by atoms with van der Waals surface area (Å²) in [5, 5.41) is 10.7. The second-order valence-electron chi connectivity index (χ2n) is 5.44. The first-order valence-electron chi connectivity index (χ1n) is 6.61. The van der Waals surface area contributed by atoms with Gasteiger partial charge in [-0.1, -0.05) is 49.8 Å². The molecule has 20 heavy (non-hydrogen) atoms. The predicted octanol–water partition coefficient (Wildman–Crippen LogP) is 4.18. The van der Waals surface area contributed by atoms with Crippen LogP contribution in [-0.4, -0.2) is 26.0 Å². The summed E-state index contributed by atoms with van der Waals surface area (Å²) in [6, 6.07) is 0. The number of hydrogen-bond donors (Lipinski definition) is 1.